The van der Waals surface area contributed by atoms with Crippen molar-refractivity contribution >= 4 is 15.9 Å². The van der Waals surface area contributed by atoms with E-state index in [1.54, 1.807) is 0 Å². The molecule has 0 saturated carbocycles. The van der Waals surface area contributed by atoms with Crippen LogP contribution in [0.3, 0.4) is 0 Å². The molecule has 1 heterocycles. The van der Waals surface area contributed by atoms with E-state index in [1.807, 2.05) is 24.3 Å². The molecule has 2 aromatic rings. The minimum atomic E-state index is -0.108. The van der Waals surface area contributed by atoms with Crippen molar-refractivity contribution in [2.24, 2.45) is 5.73 Å². The Kier molecular flexibility index (Phi) is 3.54. The summed E-state index contributed by atoms with van der Waals surface area (Å²) >= 11 is 3.55. The van der Waals surface area contributed by atoms with Gasteiger partial charge in [-0.1, -0.05) is 34.1 Å². The Morgan fingerprint density at radius 1 is 1.22 bits per heavy atom. The van der Waals surface area contributed by atoms with Crippen molar-refractivity contribution < 1.29 is 0 Å². The first kappa shape index (κ1) is 13.2. The third kappa shape index (κ3) is 2.33. The number of hydrogen-bond acceptors (Lipinski definition) is 3. The molecule has 0 atom stereocenters. The van der Waals surface area contributed by atoms with Crippen LogP contribution in [0.15, 0.2) is 28.7 Å². The average molecular weight is 309 g/mol. The van der Waals surface area contributed by atoms with Crippen LogP contribution in [0.1, 0.15) is 26.6 Å². The van der Waals surface area contributed by atoms with Crippen molar-refractivity contribution in [3.63, 3.8) is 0 Å². The molecular weight excluding hydrogens is 292 g/mol. The highest BCUT2D eigenvalue weighted by Crippen LogP contribution is 2.30. The average Bonchev–Trinajstić information content (AvgIpc) is 2.73. The molecule has 0 fully saturated rings. The van der Waals surface area contributed by atoms with Gasteiger partial charge in [0.2, 0.25) is 0 Å². The summed E-state index contributed by atoms with van der Waals surface area (Å²) in [4.78, 5) is 0. The molecule has 18 heavy (non-hydrogen) atoms. The molecule has 0 aliphatic heterocycles. The van der Waals surface area contributed by atoms with Gasteiger partial charge in [-0.05, 0) is 26.8 Å². The molecule has 0 saturated heterocycles. The molecule has 2 N–H and O–H groups in total. The minimum absolute atomic E-state index is 0.108. The molecule has 0 aliphatic carbocycles. The number of benzene rings is 1. The third-order valence-electron chi connectivity index (χ3n) is 2.70. The largest absolute Gasteiger partial charge is 0.324 e. The predicted octanol–water partition coefficient (Wildman–Crippen LogP) is 2.92. The summed E-state index contributed by atoms with van der Waals surface area (Å²) in [6, 6.07) is 7.99. The van der Waals surface area contributed by atoms with E-state index in [9.17, 15) is 0 Å². The molecule has 0 spiro atoms. The van der Waals surface area contributed by atoms with Crippen LogP contribution >= 0.6 is 15.9 Å². The molecule has 0 bridgehead atoms. The maximum Gasteiger partial charge on any atom is 0.165 e. The van der Waals surface area contributed by atoms with Gasteiger partial charge >= 0.3 is 0 Å². The van der Waals surface area contributed by atoms with Crippen molar-refractivity contribution in [1.29, 1.82) is 0 Å². The summed E-state index contributed by atoms with van der Waals surface area (Å²) in [5.74, 6) is 1.64. The van der Waals surface area contributed by atoms with E-state index >= 15 is 0 Å². The van der Waals surface area contributed by atoms with Gasteiger partial charge in [-0.25, -0.2) is 0 Å². The van der Waals surface area contributed by atoms with E-state index in [2.05, 4.69) is 51.5 Å². The zero-order chi connectivity index (χ0) is 13.3. The first-order valence-electron chi connectivity index (χ1n) is 5.85. The highest BCUT2D eigenvalue weighted by atomic mass is 79.9. The molecule has 5 heteroatoms. The summed E-state index contributed by atoms with van der Waals surface area (Å²) < 4.78 is 3.10. The van der Waals surface area contributed by atoms with E-state index in [4.69, 9.17) is 5.73 Å². The summed E-state index contributed by atoms with van der Waals surface area (Å²) in [6.45, 7) is 6.75. The lowest BCUT2D eigenvalue weighted by molar-refractivity contribution is 0.386. The van der Waals surface area contributed by atoms with Crippen LogP contribution in [0.2, 0.25) is 0 Å². The molecule has 0 amide bonds. The number of halogens is 1. The first-order chi connectivity index (χ1) is 8.45. The van der Waals surface area contributed by atoms with E-state index in [0.29, 0.717) is 6.54 Å². The van der Waals surface area contributed by atoms with Gasteiger partial charge in [0.25, 0.3) is 0 Å². The Morgan fingerprint density at radius 3 is 2.44 bits per heavy atom. The maximum atomic E-state index is 5.74. The zero-order valence-corrected chi connectivity index (χ0v) is 12.4. The van der Waals surface area contributed by atoms with Crippen LogP contribution in [0.4, 0.5) is 0 Å². The van der Waals surface area contributed by atoms with Gasteiger partial charge in [0.05, 0.1) is 6.54 Å². The normalized spacial score (nSPS) is 11.8. The van der Waals surface area contributed by atoms with E-state index in [-0.39, 0.29) is 5.54 Å². The number of aromatic nitrogens is 3. The van der Waals surface area contributed by atoms with Gasteiger partial charge < -0.3 is 10.3 Å². The van der Waals surface area contributed by atoms with Crippen LogP contribution < -0.4 is 5.73 Å². The van der Waals surface area contributed by atoms with Gasteiger partial charge in [-0.3, -0.25) is 0 Å². The first-order valence-corrected chi connectivity index (χ1v) is 6.64. The second-order valence-electron chi connectivity index (χ2n) is 5.13. The van der Waals surface area contributed by atoms with Gasteiger partial charge in [-0.2, -0.15) is 0 Å². The Hall–Kier alpha value is -1.20. The summed E-state index contributed by atoms with van der Waals surface area (Å²) in [6.07, 6.45) is 0. The predicted molar refractivity (Wildman–Crippen MR) is 76.0 cm³/mol. The number of hydrogen-bond donors (Lipinski definition) is 1. The second kappa shape index (κ2) is 4.82. The summed E-state index contributed by atoms with van der Waals surface area (Å²) in [5.41, 5.74) is 6.66. The molecule has 96 valence electrons. The van der Waals surface area contributed by atoms with Crippen LogP contribution in [-0.4, -0.2) is 14.8 Å². The Balaban J connectivity index is 2.66. The van der Waals surface area contributed by atoms with Gasteiger partial charge in [0.1, 0.15) is 5.82 Å². The quantitative estimate of drug-likeness (QED) is 0.928. The Labute approximate surface area is 115 Å². The molecule has 0 radical (unpaired) electrons. The van der Waals surface area contributed by atoms with E-state index in [0.717, 1.165) is 21.7 Å². The number of rotatable bonds is 2. The second-order valence-corrected chi connectivity index (χ2v) is 5.98. The van der Waals surface area contributed by atoms with Crippen molar-refractivity contribution in [3.8, 4) is 11.4 Å². The smallest absolute Gasteiger partial charge is 0.165 e. The van der Waals surface area contributed by atoms with Crippen LogP contribution in [0.25, 0.3) is 11.4 Å². The maximum absolute atomic E-state index is 5.74. The molecule has 0 unspecified atom stereocenters. The molecule has 2 rings (SSSR count). The lowest BCUT2D eigenvalue weighted by Gasteiger charge is -2.25. The third-order valence-corrected chi connectivity index (χ3v) is 3.39. The van der Waals surface area contributed by atoms with Crippen molar-refractivity contribution in [2.75, 3.05) is 0 Å². The van der Waals surface area contributed by atoms with Crippen LogP contribution in [-0.2, 0) is 12.1 Å². The zero-order valence-electron chi connectivity index (χ0n) is 10.8. The summed E-state index contributed by atoms with van der Waals surface area (Å²) in [5, 5.41) is 8.47. The highest BCUT2D eigenvalue weighted by Gasteiger charge is 2.23. The lowest BCUT2D eigenvalue weighted by Crippen LogP contribution is -2.26. The standard InChI is InChI=1S/C13H17BrN4/c1-13(2,3)18-11(8-15)16-17-12(18)9-6-4-5-7-10(9)14/h4-7H,8,15H2,1-3H3. The lowest BCUT2D eigenvalue weighted by atomic mass is 10.1. The number of nitrogens with two attached hydrogens (primary N) is 1. The molecule has 1 aromatic carbocycles. The topological polar surface area (TPSA) is 56.7 Å². The fourth-order valence-corrected chi connectivity index (χ4v) is 2.43. The van der Waals surface area contributed by atoms with E-state index in [1.165, 1.54) is 0 Å². The van der Waals surface area contributed by atoms with E-state index < -0.39 is 0 Å². The number of nitrogens with zero attached hydrogens (tertiary/aromatic N) is 3. The molecule has 1 aromatic heterocycles. The van der Waals surface area contributed by atoms with Crippen molar-refractivity contribution in [3.05, 3.63) is 34.6 Å². The fourth-order valence-electron chi connectivity index (χ4n) is 1.97. The van der Waals surface area contributed by atoms with Gasteiger partial charge in [-0.15, -0.1) is 10.2 Å². The Morgan fingerprint density at radius 2 is 1.89 bits per heavy atom. The molecule has 4 nitrogen and oxygen atoms in total. The fraction of sp³-hybridized carbons (Fsp3) is 0.385. The molecule has 0 aliphatic rings. The Bertz CT molecular complexity index is 554. The van der Waals surface area contributed by atoms with Gasteiger partial charge in [0, 0.05) is 15.6 Å². The highest BCUT2D eigenvalue weighted by molar-refractivity contribution is 9.10. The van der Waals surface area contributed by atoms with Crippen LogP contribution in [0.5, 0.6) is 0 Å². The monoisotopic (exact) mass is 308 g/mol. The SMILES string of the molecule is CC(C)(C)n1c(CN)nnc1-c1ccccc1Br. The summed E-state index contributed by atoms with van der Waals surface area (Å²) in [7, 11) is 0. The van der Waals surface area contributed by atoms with Gasteiger partial charge in [0.15, 0.2) is 5.82 Å². The van der Waals surface area contributed by atoms with Crippen molar-refractivity contribution in [1.82, 2.24) is 14.8 Å². The van der Waals surface area contributed by atoms with Crippen molar-refractivity contribution in [2.45, 2.75) is 32.9 Å². The van der Waals surface area contributed by atoms with Crippen LogP contribution in [0, 0.1) is 0 Å². The molecular formula is C13H17BrN4. The minimum Gasteiger partial charge on any atom is -0.324 e.